The molecule has 1 amide bonds. The first kappa shape index (κ1) is 17.0. The molecule has 130 valence electrons. The van der Waals surface area contributed by atoms with E-state index in [2.05, 4.69) is 4.98 Å². The number of esters is 1. The third-order valence-corrected chi connectivity index (χ3v) is 4.23. The zero-order chi connectivity index (χ0) is 18.0. The lowest BCUT2D eigenvalue weighted by Crippen LogP contribution is -2.39. The maximum Gasteiger partial charge on any atom is 0.340 e. The monoisotopic (exact) mass is 339 g/mol. The van der Waals surface area contributed by atoms with E-state index in [-0.39, 0.29) is 5.91 Å². The summed E-state index contributed by atoms with van der Waals surface area (Å²) in [5, 5.41) is 0. The Bertz CT molecular complexity index is 787. The molecule has 0 N–H and O–H groups in total. The zero-order valence-electron chi connectivity index (χ0n) is 14.6. The van der Waals surface area contributed by atoms with Crippen LogP contribution in [0.25, 0.3) is 0 Å². The van der Waals surface area contributed by atoms with Crippen LogP contribution in [0, 0.1) is 0 Å². The van der Waals surface area contributed by atoms with Gasteiger partial charge in [-0.25, -0.2) is 9.78 Å². The third-order valence-electron chi connectivity index (χ3n) is 4.23. The Labute approximate surface area is 147 Å². The predicted molar refractivity (Wildman–Crippen MR) is 95.9 cm³/mol. The van der Waals surface area contributed by atoms with Crippen molar-refractivity contribution in [2.45, 2.75) is 19.4 Å². The van der Waals surface area contributed by atoms with Gasteiger partial charge in [0.2, 0.25) is 0 Å². The minimum Gasteiger partial charge on any atom is -0.449 e. The van der Waals surface area contributed by atoms with E-state index >= 15 is 0 Å². The van der Waals surface area contributed by atoms with Crippen LogP contribution < -0.4 is 9.80 Å². The highest BCUT2D eigenvalue weighted by Crippen LogP contribution is 2.28. The molecule has 25 heavy (non-hydrogen) atoms. The minimum absolute atomic E-state index is 0.212. The zero-order valence-corrected chi connectivity index (χ0v) is 14.6. The van der Waals surface area contributed by atoms with Crippen LogP contribution in [0.1, 0.15) is 22.8 Å². The average molecular weight is 339 g/mol. The molecule has 0 fully saturated rings. The number of nitrogens with zero attached hydrogens (tertiary/aromatic N) is 3. The van der Waals surface area contributed by atoms with Crippen LogP contribution >= 0.6 is 0 Å². The van der Waals surface area contributed by atoms with Gasteiger partial charge in [-0.3, -0.25) is 4.79 Å². The van der Waals surface area contributed by atoms with Crippen LogP contribution in [0.15, 0.2) is 42.6 Å². The van der Waals surface area contributed by atoms with Gasteiger partial charge in [-0.05, 0) is 37.1 Å². The second-order valence-electron chi connectivity index (χ2n) is 6.22. The van der Waals surface area contributed by atoms with Crippen molar-refractivity contribution in [2.75, 3.05) is 30.4 Å². The number of carbonyl (C=O) groups excluding carboxylic acids is 2. The van der Waals surface area contributed by atoms with E-state index in [0.717, 1.165) is 23.5 Å². The molecule has 0 spiro atoms. The van der Waals surface area contributed by atoms with E-state index in [4.69, 9.17) is 4.74 Å². The van der Waals surface area contributed by atoms with Crippen molar-refractivity contribution in [3.8, 4) is 0 Å². The number of carbonyl (C=O) groups is 2. The Morgan fingerprint density at radius 2 is 1.96 bits per heavy atom. The molecule has 0 aliphatic carbocycles. The molecule has 6 nitrogen and oxygen atoms in total. The van der Waals surface area contributed by atoms with E-state index in [0.29, 0.717) is 12.1 Å². The van der Waals surface area contributed by atoms with Gasteiger partial charge in [0.25, 0.3) is 5.91 Å². The lowest BCUT2D eigenvalue weighted by molar-refractivity contribution is -0.126. The second-order valence-corrected chi connectivity index (χ2v) is 6.22. The molecule has 1 aromatic carbocycles. The number of pyridine rings is 1. The van der Waals surface area contributed by atoms with Gasteiger partial charge in [0.05, 0.1) is 5.56 Å². The van der Waals surface area contributed by atoms with Gasteiger partial charge in [0.15, 0.2) is 6.10 Å². The molecule has 0 radical (unpaired) electrons. The summed E-state index contributed by atoms with van der Waals surface area (Å²) in [6.45, 7) is 2.21. The molecule has 2 aromatic rings. The van der Waals surface area contributed by atoms with Crippen molar-refractivity contribution in [3.05, 3.63) is 53.7 Å². The normalized spacial score (nSPS) is 14.0. The molecule has 1 aromatic heterocycles. The van der Waals surface area contributed by atoms with E-state index in [1.807, 2.05) is 43.3 Å². The van der Waals surface area contributed by atoms with Crippen LogP contribution in [0.3, 0.4) is 0 Å². The van der Waals surface area contributed by atoms with Crippen molar-refractivity contribution in [2.24, 2.45) is 0 Å². The number of aromatic nitrogens is 1. The molecule has 1 aliphatic rings. The van der Waals surface area contributed by atoms with Gasteiger partial charge in [-0.15, -0.1) is 0 Å². The topological polar surface area (TPSA) is 62.7 Å². The summed E-state index contributed by atoms with van der Waals surface area (Å²) in [5.41, 5.74) is 2.36. The van der Waals surface area contributed by atoms with Crippen molar-refractivity contribution in [3.63, 3.8) is 0 Å². The van der Waals surface area contributed by atoms with E-state index < -0.39 is 12.1 Å². The highest BCUT2D eigenvalue weighted by Gasteiger charge is 2.29. The number of amides is 1. The van der Waals surface area contributed by atoms with Crippen molar-refractivity contribution in [1.29, 1.82) is 0 Å². The highest BCUT2D eigenvalue weighted by molar-refractivity contribution is 6.00. The predicted octanol–water partition coefficient (Wildman–Crippen LogP) is 2.28. The molecule has 0 saturated heterocycles. The van der Waals surface area contributed by atoms with Crippen LogP contribution in [0.2, 0.25) is 0 Å². The largest absolute Gasteiger partial charge is 0.449 e. The number of ether oxygens (including phenoxy) is 1. The maximum atomic E-state index is 12.6. The van der Waals surface area contributed by atoms with Gasteiger partial charge < -0.3 is 14.5 Å². The first-order valence-corrected chi connectivity index (χ1v) is 8.21. The van der Waals surface area contributed by atoms with Crippen LogP contribution in [0.4, 0.5) is 11.5 Å². The lowest BCUT2D eigenvalue weighted by atomic mass is 10.2. The number of rotatable bonds is 4. The smallest absolute Gasteiger partial charge is 0.340 e. The number of benzene rings is 1. The van der Waals surface area contributed by atoms with Crippen LogP contribution in [-0.4, -0.2) is 43.6 Å². The molecular formula is C19H21N3O3. The van der Waals surface area contributed by atoms with Crippen molar-refractivity contribution >= 4 is 23.4 Å². The molecule has 1 aliphatic heterocycles. The first-order valence-electron chi connectivity index (χ1n) is 8.21. The second kappa shape index (κ2) is 6.93. The molecule has 0 saturated carbocycles. The van der Waals surface area contributed by atoms with E-state index in [1.165, 1.54) is 6.20 Å². The Hall–Kier alpha value is -2.89. The molecular weight excluding hydrogens is 318 g/mol. The fourth-order valence-corrected chi connectivity index (χ4v) is 2.84. The van der Waals surface area contributed by atoms with Gasteiger partial charge in [-0.1, -0.05) is 18.2 Å². The quantitative estimate of drug-likeness (QED) is 0.800. The summed E-state index contributed by atoms with van der Waals surface area (Å²) in [6, 6.07) is 11.2. The molecule has 3 rings (SSSR count). The Kier molecular flexibility index (Phi) is 4.70. The Balaban J connectivity index is 1.66. The summed E-state index contributed by atoms with van der Waals surface area (Å²) < 4.78 is 5.34. The SMILES string of the molecule is C[C@H](OC(=O)c1ccc(N(C)C)nc1)C(=O)N1CCc2ccccc21. The average Bonchev–Trinajstić information content (AvgIpc) is 3.05. The maximum absolute atomic E-state index is 12.6. The van der Waals surface area contributed by atoms with Crippen molar-refractivity contribution in [1.82, 2.24) is 4.98 Å². The van der Waals surface area contributed by atoms with Crippen LogP contribution in [-0.2, 0) is 16.0 Å². The van der Waals surface area contributed by atoms with Crippen LogP contribution in [0.5, 0.6) is 0 Å². The number of anilines is 2. The Morgan fingerprint density at radius 3 is 2.64 bits per heavy atom. The summed E-state index contributed by atoms with van der Waals surface area (Å²) in [7, 11) is 3.74. The molecule has 2 heterocycles. The number of hydrogen-bond acceptors (Lipinski definition) is 5. The Morgan fingerprint density at radius 1 is 1.20 bits per heavy atom. The van der Waals surface area contributed by atoms with E-state index in [9.17, 15) is 9.59 Å². The lowest BCUT2D eigenvalue weighted by Gasteiger charge is -2.21. The van der Waals surface area contributed by atoms with Gasteiger partial charge >= 0.3 is 5.97 Å². The molecule has 6 heteroatoms. The van der Waals surface area contributed by atoms with Gasteiger partial charge in [-0.2, -0.15) is 0 Å². The molecule has 0 unspecified atom stereocenters. The van der Waals surface area contributed by atoms with Gasteiger partial charge in [0.1, 0.15) is 5.82 Å². The molecule has 1 atom stereocenters. The van der Waals surface area contributed by atoms with Crippen molar-refractivity contribution < 1.29 is 14.3 Å². The number of para-hydroxylation sites is 1. The minimum atomic E-state index is -0.854. The number of hydrogen-bond donors (Lipinski definition) is 0. The molecule has 0 bridgehead atoms. The first-order chi connectivity index (χ1) is 12.0. The highest BCUT2D eigenvalue weighted by atomic mass is 16.5. The summed E-state index contributed by atoms with van der Waals surface area (Å²) >= 11 is 0. The van der Waals surface area contributed by atoms with E-state index in [1.54, 1.807) is 24.0 Å². The summed E-state index contributed by atoms with van der Waals surface area (Å²) in [6.07, 6.45) is 1.42. The number of fused-ring (bicyclic) bond motifs is 1. The van der Waals surface area contributed by atoms with Gasteiger partial charge in [0, 0.05) is 32.5 Å². The fraction of sp³-hybridized carbons (Fsp3) is 0.316. The summed E-state index contributed by atoms with van der Waals surface area (Å²) in [5.74, 6) is -0.0170. The standard InChI is InChI=1S/C19H21N3O3/c1-13(18(23)22-11-10-14-6-4-5-7-16(14)22)25-19(24)15-8-9-17(20-12-15)21(2)3/h4-9,12-13H,10-11H2,1-3H3/t13-/m0/s1. The summed E-state index contributed by atoms with van der Waals surface area (Å²) in [4.78, 5) is 32.6. The third kappa shape index (κ3) is 3.47. The fourth-order valence-electron chi connectivity index (χ4n) is 2.84.